The molecule has 4 heteroatoms. The Morgan fingerprint density at radius 1 is 1.36 bits per heavy atom. The van der Waals surface area contributed by atoms with Crippen LogP contribution in [0, 0.1) is 0 Å². The first-order valence-corrected chi connectivity index (χ1v) is 4.97. The zero-order valence-electron chi connectivity index (χ0n) is 8.99. The Morgan fingerprint density at radius 2 is 1.93 bits per heavy atom. The number of fused-ring (bicyclic) bond motifs is 1. The maximum atomic E-state index is 6.01. The molecule has 0 radical (unpaired) electrons. The summed E-state index contributed by atoms with van der Waals surface area (Å²) in [6.45, 7) is 5.90. The number of aromatic nitrogens is 2. The standard InChI is InChI=1S/C8H12N4.C2H6/c1-8(10)6(9)4-5-7(8)12-3-2-11-5;1-2/h2-3,6H,4,9-10H2,1H3;1-2H3/t6-,8?;/m1./s1. The molecule has 0 bridgehead atoms. The topological polar surface area (TPSA) is 77.8 Å². The molecule has 0 spiro atoms. The zero-order chi connectivity index (χ0) is 10.8. The van der Waals surface area contributed by atoms with Crippen LogP contribution in [0.4, 0.5) is 0 Å². The van der Waals surface area contributed by atoms with Crippen LogP contribution in [0.3, 0.4) is 0 Å². The first kappa shape index (κ1) is 11.1. The molecule has 1 heterocycles. The van der Waals surface area contributed by atoms with E-state index in [4.69, 9.17) is 11.5 Å². The number of hydrogen-bond donors (Lipinski definition) is 2. The molecule has 1 aliphatic rings. The lowest BCUT2D eigenvalue weighted by atomic mass is 9.97. The van der Waals surface area contributed by atoms with Crippen LogP contribution in [0.5, 0.6) is 0 Å². The molecule has 0 fully saturated rings. The molecule has 4 nitrogen and oxygen atoms in total. The minimum atomic E-state index is -0.510. The van der Waals surface area contributed by atoms with E-state index in [0.717, 1.165) is 17.8 Å². The maximum absolute atomic E-state index is 6.01. The van der Waals surface area contributed by atoms with E-state index in [1.165, 1.54) is 0 Å². The first-order chi connectivity index (χ1) is 6.62. The van der Waals surface area contributed by atoms with Gasteiger partial charge in [-0.3, -0.25) is 9.97 Å². The highest BCUT2D eigenvalue weighted by molar-refractivity contribution is 5.29. The van der Waals surface area contributed by atoms with Gasteiger partial charge in [0.2, 0.25) is 0 Å². The Balaban J connectivity index is 0.000000461. The molecule has 78 valence electrons. The smallest absolute Gasteiger partial charge is 0.0831 e. The fraction of sp³-hybridized carbons (Fsp3) is 0.600. The van der Waals surface area contributed by atoms with E-state index >= 15 is 0 Å². The molecule has 2 atom stereocenters. The van der Waals surface area contributed by atoms with Crippen molar-refractivity contribution in [3.63, 3.8) is 0 Å². The lowest BCUT2D eigenvalue weighted by Crippen LogP contribution is -2.47. The van der Waals surface area contributed by atoms with E-state index in [-0.39, 0.29) is 6.04 Å². The predicted molar refractivity (Wildman–Crippen MR) is 56.6 cm³/mol. The first-order valence-electron chi connectivity index (χ1n) is 4.97. The van der Waals surface area contributed by atoms with E-state index in [0.29, 0.717) is 0 Å². The van der Waals surface area contributed by atoms with Crippen molar-refractivity contribution in [2.24, 2.45) is 11.5 Å². The van der Waals surface area contributed by atoms with E-state index in [9.17, 15) is 0 Å². The van der Waals surface area contributed by atoms with Crippen molar-refractivity contribution in [1.82, 2.24) is 9.97 Å². The normalized spacial score (nSPS) is 29.1. The van der Waals surface area contributed by atoms with E-state index in [1.54, 1.807) is 12.4 Å². The average molecular weight is 194 g/mol. The van der Waals surface area contributed by atoms with Crippen LogP contribution >= 0.6 is 0 Å². The Bertz CT molecular complexity index is 309. The molecule has 0 saturated carbocycles. The Hall–Kier alpha value is -1.00. The molecule has 2 rings (SSSR count). The molecule has 0 aromatic carbocycles. The van der Waals surface area contributed by atoms with Crippen molar-refractivity contribution in [2.75, 3.05) is 0 Å². The summed E-state index contributed by atoms with van der Waals surface area (Å²) in [7, 11) is 0. The van der Waals surface area contributed by atoms with Gasteiger partial charge < -0.3 is 11.5 Å². The van der Waals surface area contributed by atoms with Crippen molar-refractivity contribution in [2.45, 2.75) is 38.8 Å². The van der Waals surface area contributed by atoms with Gasteiger partial charge >= 0.3 is 0 Å². The fourth-order valence-electron chi connectivity index (χ4n) is 1.56. The summed E-state index contributed by atoms with van der Waals surface area (Å²) < 4.78 is 0. The summed E-state index contributed by atoms with van der Waals surface area (Å²) in [6.07, 6.45) is 4.06. The third kappa shape index (κ3) is 1.63. The van der Waals surface area contributed by atoms with Gasteiger partial charge in [0.05, 0.1) is 16.9 Å². The third-order valence-corrected chi connectivity index (χ3v) is 2.47. The van der Waals surface area contributed by atoms with Gasteiger partial charge in [-0.25, -0.2) is 0 Å². The van der Waals surface area contributed by atoms with Crippen LogP contribution in [-0.2, 0) is 12.0 Å². The van der Waals surface area contributed by atoms with Gasteiger partial charge in [-0.2, -0.15) is 0 Å². The lowest BCUT2D eigenvalue weighted by molar-refractivity contribution is 0.412. The second-order valence-electron chi connectivity index (χ2n) is 3.44. The third-order valence-electron chi connectivity index (χ3n) is 2.47. The molecule has 1 aliphatic carbocycles. The van der Waals surface area contributed by atoms with Crippen LogP contribution in [0.1, 0.15) is 32.2 Å². The predicted octanol–water partition coefficient (Wildman–Crippen LogP) is 0.560. The highest BCUT2D eigenvalue weighted by Crippen LogP contribution is 2.29. The fourth-order valence-corrected chi connectivity index (χ4v) is 1.56. The maximum Gasteiger partial charge on any atom is 0.0831 e. The molecule has 4 N–H and O–H groups in total. The molecular formula is C10H18N4. The molecule has 0 saturated heterocycles. The Labute approximate surface area is 84.7 Å². The molecule has 1 unspecified atom stereocenters. The van der Waals surface area contributed by atoms with Gasteiger partial charge in [-0.1, -0.05) is 13.8 Å². The molecule has 1 aromatic rings. The van der Waals surface area contributed by atoms with Crippen LogP contribution in [0.25, 0.3) is 0 Å². The molecule has 1 aromatic heterocycles. The van der Waals surface area contributed by atoms with Crippen molar-refractivity contribution in [1.29, 1.82) is 0 Å². The van der Waals surface area contributed by atoms with Gasteiger partial charge in [0.25, 0.3) is 0 Å². The zero-order valence-corrected chi connectivity index (χ0v) is 8.99. The highest BCUT2D eigenvalue weighted by atomic mass is 15.0. The monoisotopic (exact) mass is 194 g/mol. The second-order valence-corrected chi connectivity index (χ2v) is 3.44. The second kappa shape index (κ2) is 4.02. The minimum absolute atomic E-state index is 0.0603. The molecule has 0 amide bonds. The average Bonchev–Trinajstić information content (AvgIpc) is 2.42. The summed E-state index contributed by atoms with van der Waals surface area (Å²) in [4.78, 5) is 8.38. The van der Waals surface area contributed by atoms with Crippen LogP contribution in [-0.4, -0.2) is 16.0 Å². The van der Waals surface area contributed by atoms with Crippen LogP contribution in [0.2, 0.25) is 0 Å². The van der Waals surface area contributed by atoms with E-state index < -0.39 is 5.54 Å². The summed E-state index contributed by atoms with van der Waals surface area (Å²) in [6, 6.07) is -0.0603. The van der Waals surface area contributed by atoms with E-state index in [2.05, 4.69) is 9.97 Å². The summed E-state index contributed by atoms with van der Waals surface area (Å²) >= 11 is 0. The summed E-state index contributed by atoms with van der Waals surface area (Å²) in [5.41, 5.74) is 13.1. The largest absolute Gasteiger partial charge is 0.325 e. The summed E-state index contributed by atoms with van der Waals surface area (Å²) in [5.74, 6) is 0. The minimum Gasteiger partial charge on any atom is -0.325 e. The highest BCUT2D eigenvalue weighted by Gasteiger charge is 2.39. The van der Waals surface area contributed by atoms with Crippen LogP contribution in [0.15, 0.2) is 12.4 Å². The van der Waals surface area contributed by atoms with Gasteiger partial charge in [0.1, 0.15) is 0 Å². The van der Waals surface area contributed by atoms with Crippen molar-refractivity contribution >= 4 is 0 Å². The Kier molecular flexibility index (Phi) is 3.18. The van der Waals surface area contributed by atoms with Crippen LogP contribution < -0.4 is 11.5 Å². The summed E-state index contributed by atoms with van der Waals surface area (Å²) in [5, 5.41) is 0. The van der Waals surface area contributed by atoms with Crippen molar-refractivity contribution in [3.8, 4) is 0 Å². The number of hydrogen-bond acceptors (Lipinski definition) is 4. The lowest BCUT2D eigenvalue weighted by Gasteiger charge is -2.22. The van der Waals surface area contributed by atoms with Crippen molar-refractivity contribution < 1.29 is 0 Å². The van der Waals surface area contributed by atoms with E-state index in [1.807, 2.05) is 20.8 Å². The SMILES string of the molecule is CC.CC1(N)c2nccnc2C[C@H]1N. The molecule has 14 heavy (non-hydrogen) atoms. The van der Waals surface area contributed by atoms with Gasteiger partial charge in [0, 0.05) is 24.9 Å². The number of nitrogens with zero attached hydrogens (tertiary/aromatic N) is 2. The van der Waals surface area contributed by atoms with Gasteiger partial charge in [-0.05, 0) is 6.92 Å². The number of rotatable bonds is 0. The molecular weight excluding hydrogens is 176 g/mol. The van der Waals surface area contributed by atoms with Crippen molar-refractivity contribution in [3.05, 3.63) is 23.8 Å². The van der Waals surface area contributed by atoms with Gasteiger partial charge in [-0.15, -0.1) is 0 Å². The molecule has 0 aliphatic heterocycles. The number of nitrogens with two attached hydrogens (primary N) is 2. The Morgan fingerprint density at radius 3 is 2.50 bits per heavy atom. The quantitative estimate of drug-likeness (QED) is 0.632. The van der Waals surface area contributed by atoms with Gasteiger partial charge in [0.15, 0.2) is 0 Å².